The van der Waals surface area contributed by atoms with Crippen molar-refractivity contribution in [1.82, 2.24) is 9.88 Å². The van der Waals surface area contributed by atoms with E-state index in [0.717, 1.165) is 16.7 Å². The number of fused-ring (bicyclic) bond motifs is 1. The molecule has 2 N–H and O–H groups in total. The molecular formula is C26H25FN2O4. The van der Waals surface area contributed by atoms with Crippen molar-refractivity contribution in [2.24, 2.45) is 0 Å². The Bertz CT molecular complexity index is 1300. The molecular weight excluding hydrogens is 423 g/mol. The monoisotopic (exact) mass is 448 g/mol. The summed E-state index contributed by atoms with van der Waals surface area (Å²) in [6.07, 6.45) is 0. The van der Waals surface area contributed by atoms with E-state index in [0.29, 0.717) is 35.5 Å². The van der Waals surface area contributed by atoms with Gasteiger partial charge in [-0.3, -0.25) is 0 Å². The number of nitrogens with one attached hydrogen (secondary N) is 1. The molecule has 3 aromatic carbocycles. The maximum atomic E-state index is 13.8. The summed E-state index contributed by atoms with van der Waals surface area (Å²) >= 11 is 0. The van der Waals surface area contributed by atoms with Gasteiger partial charge in [0.1, 0.15) is 23.0 Å². The Labute approximate surface area is 191 Å². The van der Waals surface area contributed by atoms with Gasteiger partial charge in [0, 0.05) is 36.7 Å². The molecule has 0 radical (unpaired) electrons. The number of rotatable bonds is 9. The highest BCUT2D eigenvalue weighted by atomic mass is 19.1. The van der Waals surface area contributed by atoms with E-state index in [4.69, 9.17) is 9.47 Å². The zero-order valence-electron chi connectivity index (χ0n) is 18.5. The molecule has 0 atom stereocenters. The normalized spacial score (nSPS) is 11.0. The Kier molecular flexibility index (Phi) is 6.60. The van der Waals surface area contributed by atoms with E-state index in [1.807, 2.05) is 42.5 Å². The minimum Gasteiger partial charge on any atom is -0.497 e. The first-order valence-corrected chi connectivity index (χ1v) is 10.5. The van der Waals surface area contributed by atoms with Gasteiger partial charge in [-0.1, -0.05) is 24.3 Å². The highest BCUT2D eigenvalue weighted by Gasteiger charge is 2.23. The molecule has 0 bridgehead atoms. The molecule has 4 aromatic rings. The van der Waals surface area contributed by atoms with Crippen LogP contribution in [0.25, 0.3) is 10.9 Å². The molecule has 1 heterocycles. The number of hydrogen-bond acceptors (Lipinski definition) is 4. The molecule has 170 valence electrons. The molecule has 1 aromatic heterocycles. The molecule has 7 heteroatoms. The lowest BCUT2D eigenvalue weighted by Crippen LogP contribution is -2.17. The molecule has 0 fully saturated rings. The van der Waals surface area contributed by atoms with Crippen LogP contribution in [0.5, 0.6) is 11.5 Å². The van der Waals surface area contributed by atoms with E-state index in [9.17, 15) is 14.3 Å². The van der Waals surface area contributed by atoms with E-state index in [1.54, 1.807) is 30.9 Å². The van der Waals surface area contributed by atoms with Crippen molar-refractivity contribution < 1.29 is 23.8 Å². The Balaban J connectivity index is 1.73. The lowest BCUT2D eigenvalue weighted by molar-refractivity contribution is 0.0684. The van der Waals surface area contributed by atoms with Crippen LogP contribution in [0, 0.1) is 5.82 Å². The van der Waals surface area contributed by atoms with Gasteiger partial charge in [-0.2, -0.15) is 0 Å². The first kappa shape index (κ1) is 22.4. The number of aromatic carboxylic acids is 1. The summed E-state index contributed by atoms with van der Waals surface area (Å²) in [5, 5.41) is 14.3. The third kappa shape index (κ3) is 4.83. The molecule has 0 saturated carbocycles. The van der Waals surface area contributed by atoms with Gasteiger partial charge in [0.25, 0.3) is 0 Å². The van der Waals surface area contributed by atoms with Gasteiger partial charge in [0.05, 0.1) is 19.7 Å². The number of hydrogen-bond donors (Lipinski definition) is 2. The number of carboxylic acids is 1. The quantitative estimate of drug-likeness (QED) is 0.384. The van der Waals surface area contributed by atoms with Crippen molar-refractivity contribution in [3.8, 4) is 11.5 Å². The Morgan fingerprint density at radius 3 is 2.39 bits per heavy atom. The minimum absolute atomic E-state index is 0.167. The van der Waals surface area contributed by atoms with Crippen LogP contribution >= 0.6 is 0 Å². The van der Waals surface area contributed by atoms with Crippen molar-refractivity contribution >= 4 is 16.9 Å². The van der Waals surface area contributed by atoms with Gasteiger partial charge in [-0.15, -0.1) is 0 Å². The van der Waals surface area contributed by atoms with Gasteiger partial charge in [0.2, 0.25) is 0 Å². The van der Waals surface area contributed by atoms with Crippen molar-refractivity contribution in [2.45, 2.75) is 19.6 Å². The van der Waals surface area contributed by atoms with Crippen LogP contribution in [-0.2, 0) is 19.6 Å². The smallest absolute Gasteiger partial charge is 0.352 e. The molecule has 0 unspecified atom stereocenters. The number of aromatic nitrogens is 1. The predicted molar refractivity (Wildman–Crippen MR) is 124 cm³/mol. The fraction of sp³-hybridized carbons (Fsp3) is 0.192. The van der Waals surface area contributed by atoms with E-state index in [-0.39, 0.29) is 18.1 Å². The second-order valence-corrected chi connectivity index (χ2v) is 7.69. The molecule has 0 spiro atoms. The van der Waals surface area contributed by atoms with Crippen LogP contribution in [0.15, 0.2) is 66.7 Å². The number of benzene rings is 3. The van der Waals surface area contributed by atoms with Crippen LogP contribution < -0.4 is 14.8 Å². The summed E-state index contributed by atoms with van der Waals surface area (Å²) in [6.45, 7) is 1.11. The summed E-state index contributed by atoms with van der Waals surface area (Å²) in [5.41, 5.74) is 3.25. The predicted octanol–water partition coefficient (Wildman–Crippen LogP) is 4.83. The molecule has 0 aliphatic carbocycles. The molecule has 0 aliphatic heterocycles. The SMILES string of the molecule is COc1cccc(CNCc2c(C(=O)O)n(Cc3cccc(F)c3)c3cc(OC)ccc23)c1. The van der Waals surface area contributed by atoms with E-state index in [1.165, 1.54) is 12.1 Å². The van der Waals surface area contributed by atoms with Crippen LogP contribution in [0.1, 0.15) is 27.2 Å². The van der Waals surface area contributed by atoms with Crippen molar-refractivity contribution in [1.29, 1.82) is 0 Å². The number of ether oxygens (including phenoxy) is 2. The molecule has 0 amide bonds. The lowest BCUT2D eigenvalue weighted by Gasteiger charge is -2.11. The standard InChI is InChI=1S/C26H25FN2O4/c1-32-20-8-4-5-17(12-20)14-28-15-23-22-10-9-21(33-2)13-24(22)29(25(23)26(30)31)16-18-6-3-7-19(27)11-18/h3-13,28H,14-16H2,1-2H3,(H,30,31). The minimum atomic E-state index is -1.04. The molecule has 6 nitrogen and oxygen atoms in total. The summed E-state index contributed by atoms with van der Waals surface area (Å²) in [7, 11) is 3.18. The largest absolute Gasteiger partial charge is 0.497 e. The Hall–Kier alpha value is -3.84. The topological polar surface area (TPSA) is 72.7 Å². The van der Waals surface area contributed by atoms with Gasteiger partial charge in [0.15, 0.2) is 0 Å². The zero-order valence-corrected chi connectivity index (χ0v) is 18.5. The van der Waals surface area contributed by atoms with Gasteiger partial charge in [-0.05, 0) is 47.5 Å². The van der Waals surface area contributed by atoms with Crippen LogP contribution in [0.2, 0.25) is 0 Å². The summed E-state index contributed by atoms with van der Waals surface area (Å²) in [4.78, 5) is 12.4. The van der Waals surface area contributed by atoms with E-state index < -0.39 is 5.97 Å². The molecule has 33 heavy (non-hydrogen) atoms. The number of carbonyl (C=O) groups is 1. The average Bonchev–Trinajstić information content (AvgIpc) is 3.12. The highest BCUT2D eigenvalue weighted by molar-refractivity contribution is 5.98. The number of halogens is 1. The maximum absolute atomic E-state index is 13.8. The molecule has 0 saturated heterocycles. The summed E-state index contributed by atoms with van der Waals surface area (Å²) in [6, 6.07) is 19.4. The highest BCUT2D eigenvalue weighted by Crippen LogP contribution is 2.31. The van der Waals surface area contributed by atoms with Gasteiger partial charge in [-0.25, -0.2) is 9.18 Å². The van der Waals surface area contributed by atoms with Crippen molar-refractivity contribution in [3.63, 3.8) is 0 Å². The summed E-state index contributed by atoms with van der Waals surface area (Å²) < 4.78 is 26.1. The second-order valence-electron chi connectivity index (χ2n) is 7.69. The molecule has 0 aliphatic rings. The second kappa shape index (κ2) is 9.75. The van der Waals surface area contributed by atoms with Gasteiger partial charge < -0.3 is 24.5 Å². The fourth-order valence-corrected chi connectivity index (χ4v) is 4.05. The number of nitrogens with zero attached hydrogens (tertiary/aromatic N) is 1. The van der Waals surface area contributed by atoms with Crippen molar-refractivity contribution in [2.75, 3.05) is 14.2 Å². The van der Waals surface area contributed by atoms with Crippen LogP contribution in [0.4, 0.5) is 4.39 Å². The fourth-order valence-electron chi connectivity index (χ4n) is 4.05. The molecule has 4 rings (SSSR count). The third-order valence-electron chi connectivity index (χ3n) is 5.57. The van der Waals surface area contributed by atoms with Crippen LogP contribution in [0.3, 0.4) is 0 Å². The number of methoxy groups -OCH3 is 2. The summed E-state index contributed by atoms with van der Waals surface area (Å²) in [5.74, 6) is -0.0222. The van der Waals surface area contributed by atoms with E-state index in [2.05, 4.69) is 5.32 Å². The third-order valence-corrected chi connectivity index (χ3v) is 5.57. The maximum Gasteiger partial charge on any atom is 0.352 e. The average molecular weight is 448 g/mol. The zero-order chi connectivity index (χ0) is 23.4. The van der Waals surface area contributed by atoms with E-state index >= 15 is 0 Å². The number of carboxylic acid groups (broad SMARTS) is 1. The lowest BCUT2D eigenvalue weighted by atomic mass is 10.1. The first-order chi connectivity index (χ1) is 16.0. The first-order valence-electron chi connectivity index (χ1n) is 10.5. The Morgan fingerprint density at radius 2 is 1.67 bits per heavy atom. The van der Waals surface area contributed by atoms with Gasteiger partial charge >= 0.3 is 5.97 Å². The van der Waals surface area contributed by atoms with Crippen molar-refractivity contribution in [3.05, 3.63) is 94.9 Å². The Morgan fingerprint density at radius 1 is 0.939 bits per heavy atom. The van der Waals surface area contributed by atoms with Crippen LogP contribution in [-0.4, -0.2) is 29.9 Å².